The van der Waals surface area contributed by atoms with E-state index in [2.05, 4.69) is 10.3 Å². The summed E-state index contributed by atoms with van der Waals surface area (Å²) in [5.74, 6) is -0.997. The van der Waals surface area contributed by atoms with Crippen LogP contribution in [0.3, 0.4) is 0 Å². The number of rotatable bonds is 9. The largest absolute Gasteiger partial charge is 0.478 e. The van der Waals surface area contributed by atoms with Crippen molar-refractivity contribution < 1.29 is 14.7 Å². The minimum atomic E-state index is -0.948. The summed E-state index contributed by atoms with van der Waals surface area (Å²) in [6.45, 7) is 1.81. The summed E-state index contributed by atoms with van der Waals surface area (Å²) in [5, 5.41) is 14.3. The number of pyridine rings is 1. The van der Waals surface area contributed by atoms with Gasteiger partial charge >= 0.3 is 5.97 Å². The fraction of sp³-hybridized carbons (Fsp3) is 0.167. The molecule has 5 nitrogen and oxygen atoms in total. The van der Waals surface area contributed by atoms with Crippen molar-refractivity contribution in [1.82, 2.24) is 10.3 Å². The van der Waals surface area contributed by atoms with E-state index >= 15 is 0 Å². The number of halogens is 1. The highest BCUT2D eigenvalue weighted by atomic mass is 35.5. The van der Waals surface area contributed by atoms with E-state index in [0.29, 0.717) is 29.8 Å². The number of nitrogens with zero attached hydrogens (tertiary/aromatic N) is 1. The Balaban J connectivity index is 1.56. The average molecular weight is 499 g/mol. The van der Waals surface area contributed by atoms with E-state index in [1.54, 1.807) is 12.1 Å². The van der Waals surface area contributed by atoms with Crippen molar-refractivity contribution in [1.29, 1.82) is 0 Å². The molecule has 1 atom stereocenters. The van der Waals surface area contributed by atoms with Crippen molar-refractivity contribution in [2.75, 3.05) is 0 Å². The third kappa shape index (κ3) is 6.37. The Bertz CT molecular complexity index is 1430. The number of aromatic nitrogens is 1. The third-order valence-electron chi connectivity index (χ3n) is 6.04. The number of aromatic carboxylic acids is 1. The predicted octanol–water partition coefficient (Wildman–Crippen LogP) is 6.96. The molecule has 36 heavy (non-hydrogen) atoms. The smallest absolute Gasteiger partial charge is 0.335 e. The van der Waals surface area contributed by atoms with E-state index in [1.165, 1.54) is 0 Å². The summed E-state index contributed by atoms with van der Waals surface area (Å²) in [4.78, 5) is 28.5. The van der Waals surface area contributed by atoms with E-state index in [1.807, 2.05) is 85.8 Å². The summed E-state index contributed by atoms with van der Waals surface area (Å²) in [7, 11) is 0. The van der Waals surface area contributed by atoms with E-state index in [9.17, 15) is 14.7 Å². The maximum Gasteiger partial charge on any atom is 0.335 e. The molecule has 4 rings (SSSR count). The van der Waals surface area contributed by atoms with Crippen LogP contribution >= 0.6 is 11.6 Å². The van der Waals surface area contributed by atoms with Crippen molar-refractivity contribution >= 4 is 46.5 Å². The molecule has 182 valence electrons. The average Bonchev–Trinajstić information content (AvgIpc) is 2.89. The van der Waals surface area contributed by atoms with Gasteiger partial charge in [0.1, 0.15) is 0 Å². The summed E-state index contributed by atoms with van der Waals surface area (Å²) >= 11 is 6.11. The van der Waals surface area contributed by atoms with Crippen LogP contribution in [0.15, 0.2) is 78.9 Å². The number of hydrogen-bond donors (Lipinski definition) is 2. The second-order valence-corrected chi connectivity index (χ2v) is 8.99. The first-order chi connectivity index (χ1) is 17.4. The highest BCUT2D eigenvalue weighted by Gasteiger charge is 2.16. The molecule has 1 amide bonds. The topological polar surface area (TPSA) is 79.3 Å². The zero-order valence-electron chi connectivity index (χ0n) is 19.9. The molecule has 0 fully saturated rings. The van der Waals surface area contributed by atoms with Crippen LogP contribution in [0.2, 0.25) is 5.02 Å². The van der Waals surface area contributed by atoms with Gasteiger partial charge in [-0.1, -0.05) is 73.1 Å². The molecule has 0 radical (unpaired) electrons. The van der Waals surface area contributed by atoms with Gasteiger partial charge in [0.15, 0.2) is 0 Å². The molecule has 0 aliphatic heterocycles. The summed E-state index contributed by atoms with van der Waals surface area (Å²) in [6.07, 6.45) is 5.42. The van der Waals surface area contributed by atoms with Gasteiger partial charge in [0.05, 0.1) is 22.8 Å². The Morgan fingerprint density at radius 2 is 1.81 bits per heavy atom. The second-order valence-electron chi connectivity index (χ2n) is 8.55. The summed E-state index contributed by atoms with van der Waals surface area (Å²) < 4.78 is 0. The van der Waals surface area contributed by atoms with Crippen LogP contribution in [-0.4, -0.2) is 22.0 Å². The van der Waals surface area contributed by atoms with Gasteiger partial charge in [-0.05, 0) is 65.9 Å². The lowest BCUT2D eigenvalue weighted by Crippen LogP contribution is -2.28. The normalized spacial score (nSPS) is 12.1. The number of amides is 1. The molecule has 4 aromatic rings. The molecule has 6 heteroatoms. The van der Waals surface area contributed by atoms with Gasteiger partial charge in [0.25, 0.3) is 0 Å². The summed E-state index contributed by atoms with van der Waals surface area (Å²) in [6, 6.07) is 24.3. The molecule has 0 saturated carbocycles. The standard InChI is InChI=1S/C30H27ClN2O3/c1-2-29(34)33-27(17-13-21-7-3-4-9-26(21)30(35)36)23-8-5-6-20(18-23)10-15-25-16-12-22-11-14-24(31)19-28(22)32-25/h3-12,14-16,18-19,27H,2,13,17H2,1H3,(H,33,34)(H,35,36)/b15-10+. The first-order valence-corrected chi connectivity index (χ1v) is 12.3. The highest BCUT2D eigenvalue weighted by Crippen LogP contribution is 2.24. The van der Waals surface area contributed by atoms with Crippen molar-refractivity contribution in [3.05, 3.63) is 112 Å². The number of hydrogen-bond acceptors (Lipinski definition) is 3. The first kappa shape index (κ1) is 25.1. The Morgan fingerprint density at radius 3 is 2.61 bits per heavy atom. The fourth-order valence-electron chi connectivity index (χ4n) is 4.13. The van der Waals surface area contributed by atoms with Crippen molar-refractivity contribution in [3.8, 4) is 0 Å². The molecule has 1 heterocycles. The zero-order chi connectivity index (χ0) is 25.5. The minimum Gasteiger partial charge on any atom is -0.478 e. The molecule has 1 aromatic heterocycles. The molecule has 0 aliphatic carbocycles. The lowest BCUT2D eigenvalue weighted by Gasteiger charge is -2.20. The number of benzene rings is 3. The van der Waals surface area contributed by atoms with E-state index in [0.717, 1.165) is 33.3 Å². The van der Waals surface area contributed by atoms with Gasteiger partial charge in [0, 0.05) is 16.8 Å². The Kier molecular flexibility index (Phi) is 8.13. The van der Waals surface area contributed by atoms with E-state index < -0.39 is 5.97 Å². The number of carboxylic acids is 1. The number of fused-ring (bicyclic) bond motifs is 1. The Morgan fingerprint density at radius 1 is 1.00 bits per heavy atom. The number of nitrogens with one attached hydrogen (secondary N) is 1. The second kappa shape index (κ2) is 11.6. The van der Waals surface area contributed by atoms with Crippen LogP contribution in [0.4, 0.5) is 0 Å². The van der Waals surface area contributed by atoms with Crippen molar-refractivity contribution in [2.24, 2.45) is 0 Å². The van der Waals surface area contributed by atoms with Gasteiger partial charge in [-0.25, -0.2) is 9.78 Å². The van der Waals surface area contributed by atoms with Crippen LogP contribution in [0.5, 0.6) is 0 Å². The Hall–Kier alpha value is -3.96. The van der Waals surface area contributed by atoms with Gasteiger partial charge in [-0.3, -0.25) is 4.79 Å². The lowest BCUT2D eigenvalue weighted by molar-refractivity contribution is -0.121. The van der Waals surface area contributed by atoms with Gasteiger partial charge in [0.2, 0.25) is 5.91 Å². The van der Waals surface area contributed by atoms with E-state index in [4.69, 9.17) is 11.6 Å². The van der Waals surface area contributed by atoms with E-state index in [-0.39, 0.29) is 11.9 Å². The van der Waals surface area contributed by atoms with Crippen molar-refractivity contribution in [2.45, 2.75) is 32.2 Å². The number of aryl methyl sites for hydroxylation is 1. The molecule has 0 bridgehead atoms. The van der Waals surface area contributed by atoms with Gasteiger partial charge in [-0.15, -0.1) is 0 Å². The summed E-state index contributed by atoms with van der Waals surface area (Å²) in [5.41, 5.74) is 4.63. The lowest BCUT2D eigenvalue weighted by atomic mass is 9.95. The van der Waals surface area contributed by atoms with Crippen molar-refractivity contribution in [3.63, 3.8) is 0 Å². The molecule has 3 aromatic carbocycles. The van der Waals surface area contributed by atoms with Crippen LogP contribution in [-0.2, 0) is 11.2 Å². The molecule has 0 saturated heterocycles. The van der Waals surface area contributed by atoms with Crippen LogP contribution < -0.4 is 5.32 Å². The SMILES string of the molecule is CCC(=O)NC(CCc1ccccc1C(=O)O)c1cccc(/C=C/c2ccc3ccc(Cl)cc3n2)c1. The predicted molar refractivity (Wildman–Crippen MR) is 145 cm³/mol. The molecular weight excluding hydrogens is 472 g/mol. The monoisotopic (exact) mass is 498 g/mol. The number of carbonyl (C=O) groups is 2. The Labute approximate surface area is 215 Å². The maximum absolute atomic E-state index is 12.3. The molecule has 0 spiro atoms. The first-order valence-electron chi connectivity index (χ1n) is 11.9. The van der Waals surface area contributed by atoms with Crippen LogP contribution in [0.25, 0.3) is 23.1 Å². The molecular formula is C30H27ClN2O3. The quantitative estimate of drug-likeness (QED) is 0.261. The minimum absolute atomic E-state index is 0.0495. The third-order valence-corrected chi connectivity index (χ3v) is 6.28. The van der Waals surface area contributed by atoms with Gasteiger partial charge in [-0.2, -0.15) is 0 Å². The highest BCUT2D eigenvalue weighted by molar-refractivity contribution is 6.31. The van der Waals surface area contributed by atoms with Gasteiger partial charge < -0.3 is 10.4 Å². The zero-order valence-corrected chi connectivity index (χ0v) is 20.7. The van der Waals surface area contributed by atoms with Crippen LogP contribution in [0.1, 0.15) is 58.5 Å². The molecule has 0 aliphatic rings. The fourth-order valence-corrected chi connectivity index (χ4v) is 4.29. The molecule has 1 unspecified atom stereocenters. The number of carbonyl (C=O) groups excluding carboxylic acids is 1. The maximum atomic E-state index is 12.3. The van der Waals surface area contributed by atoms with Crippen LogP contribution in [0, 0.1) is 0 Å². The number of carboxylic acid groups (broad SMARTS) is 1. The molecule has 2 N–H and O–H groups in total.